The average molecular weight is 306 g/mol. The summed E-state index contributed by atoms with van der Waals surface area (Å²) in [5, 5.41) is 9.72. The Kier molecular flexibility index (Phi) is 5.20. The van der Waals surface area contributed by atoms with Crippen LogP contribution < -0.4 is 5.73 Å². The van der Waals surface area contributed by atoms with Crippen molar-refractivity contribution >= 4 is 33.0 Å². The van der Waals surface area contributed by atoms with E-state index in [1.807, 2.05) is 19.1 Å². The van der Waals surface area contributed by atoms with E-state index < -0.39 is 0 Å². The molecule has 0 radical (unpaired) electrons. The van der Waals surface area contributed by atoms with Gasteiger partial charge in [0, 0.05) is 30.3 Å². The van der Waals surface area contributed by atoms with Crippen LogP contribution in [0.3, 0.4) is 0 Å². The molecule has 0 atom stereocenters. The van der Waals surface area contributed by atoms with Gasteiger partial charge in [-0.3, -0.25) is 4.79 Å². The minimum absolute atomic E-state index is 0.0182. The summed E-state index contributed by atoms with van der Waals surface area (Å²) in [4.78, 5) is 14.8. The molecule has 1 aromatic heterocycles. The average Bonchev–Trinajstić information content (AvgIpc) is 2.79. The highest BCUT2D eigenvalue weighted by molar-refractivity contribution is 7.21. The monoisotopic (exact) mass is 306 g/mol. The lowest BCUT2D eigenvalue weighted by Gasteiger charge is -2.16. The number of benzene rings is 1. The number of anilines is 1. The molecule has 2 rings (SSSR count). The van der Waals surface area contributed by atoms with Crippen molar-refractivity contribution in [2.75, 3.05) is 25.9 Å². The number of unbranched alkanes of at least 4 members (excludes halogenated alkanes) is 2. The van der Waals surface area contributed by atoms with E-state index in [2.05, 4.69) is 6.07 Å². The van der Waals surface area contributed by atoms with E-state index in [1.165, 1.54) is 16.9 Å². The number of hydrogen-bond acceptors (Lipinski definition) is 4. The maximum Gasteiger partial charge on any atom is 0.265 e. The molecule has 0 bridgehead atoms. The number of amides is 1. The number of nitrogens with zero attached hydrogens (tertiary/aromatic N) is 1. The van der Waals surface area contributed by atoms with Crippen LogP contribution in [0.4, 0.5) is 5.69 Å². The molecule has 0 fully saturated rings. The fraction of sp³-hybridized carbons (Fsp3) is 0.438. The van der Waals surface area contributed by atoms with Gasteiger partial charge in [0.15, 0.2) is 0 Å². The molecule has 3 N–H and O–H groups in total. The summed E-state index contributed by atoms with van der Waals surface area (Å²) in [7, 11) is 1.80. The number of carbonyl (C=O) groups is 1. The van der Waals surface area contributed by atoms with E-state index in [4.69, 9.17) is 10.8 Å². The number of rotatable bonds is 6. The SMILES string of the molecule is Cc1ccc2c(N)c(C(=O)N(C)CCCCCO)sc2c1. The Morgan fingerprint density at radius 1 is 1.33 bits per heavy atom. The molecule has 1 aromatic carbocycles. The van der Waals surface area contributed by atoms with Crippen LogP contribution in [0.1, 0.15) is 34.5 Å². The van der Waals surface area contributed by atoms with Gasteiger partial charge in [0.05, 0.1) is 5.69 Å². The van der Waals surface area contributed by atoms with Crippen LogP contribution in [-0.2, 0) is 0 Å². The molecular weight excluding hydrogens is 284 g/mol. The first-order chi connectivity index (χ1) is 10.0. The Hall–Kier alpha value is -1.59. The second kappa shape index (κ2) is 6.91. The van der Waals surface area contributed by atoms with E-state index in [1.54, 1.807) is 11.9 Å². The number of thiophene rings is 1. The molecule has 114 valence electrons. The molecule has 0 aliphatic heterocycles. The molecule has 1 amide bonds. The highest BCUT2D eigenvalue weighted by atomic mass is 32.1. The summed E-state index contributed by atoms with van der Waals surface area (Å²) in [6, 6.07) is 6.06. The summed E-state index contributed by atoms with van der Waals surface area (Å²) in [6.07, 6.45) is 2.61. The molecule has 0 unspecified atom stereocenters. The third-order valence-electron chi connectivity index (χ3n) is 3.58. The summed E-state index contributed by atoms with van der Waals surface area (Å²) in [5.41, 5.74) is 7.89. The Balaban J connectivity index is 2.13. The van der Waals surface area contributed by atoms with Crippen molar-refractivity contribution in [3.05, 3.63) is 28.6 Å². The molecule has 0 spiro atoms. The zero-order chi connectivity index (χ0) is 15.4. The summed E-state index contributed by atoms with van der Waals surface area (Å²) >= 11 is 1.46. The van der Waals surface area contributed by atoms with E-state index >= 15 is 0 Å². The topological polar surface area (TPSA) is 66.6 Å². The van der Waals surface area contributed by atoms with Gasteiger partial charge in [0.2, 0.25) is 0 Å². The number of nitrogens with two attached hydrogens (primary N) is 1. The fourth-order valence-corrected chi connectivity index (χ4v) is 3.51. The minimum atomic E-state index is -0.0182. The van der Waals surface area contributed by atoms with E-state index in [9.17, 15) is 4.79 Å². The van der Waals surface area contributed by atoms with E-state index in [0.29, 0.717) is 17.1 Å². The predicted molar refractivity (Wildman–Crippen MR) is 88.9 cm³/mol. The van der Waals surface area contributed by atoms with Crippen LogP contribution in [0.25, 0.3) is 10.1 Å². The maximum atomic E-state index is 12.5. The third kappa shape index (κ3) is 3.54. The lowest BCUT2D eigenvalue weighted by molar-refractivity contribution is 0.0798. The van der Waals surface area contributed by atoms with Gasteiger partial charge in [-0.2, -0.15) is 0 Å². The van der Waals surface area contributed by atoms with Gasteiger partial charge in [0.1, 0.15) is 4.88 Å². The van der Waals surface area contributed by atoms with Gasteiger partial charge in [-0.15, -0.1) is 11.3 Å². The van der Waals surface area contributed by atoms with Gasteiger partial charge in [-0.05, 0) is 37.8 Å². The second-order valence-corrected chi connectivity index (χ2v) is 6.41. The van der Waals surface area contributed by atoms with Crippen molar-refractivity contribution < 1.29 is 9.90 Å². The number of aryl methyl sites for hydroxylation is 1. The quantitative estimate of drug-likeness (QED) is 0.806. The molecule has 21 heavy (non-hydrogen) atoms. The molecule has 0 saturated carbocycles. The van der Waals surface area contributed by atoms with Crippen molar-refractivity contribution in [1.82, 2.24) is 4.90 Å². The van der Waals surface area contributed by atoms with Crippen LogP contribution in [-0.4, -0.2) is 36.1 Å². The van der Waals surface area contributed by atoms with Crippen LogP contribution in [0.2, 0.25) is 0 Å². The van der Waals surface area contributed by atoms with Crippen LogP contribution in [0.5, 0.6) is 0 Å². The van der Waals surface area contributed by atoms with Crippen molar-refractivity contribution in [3.8, 4) is 0 Å². The van der Waals surface area contributed by atoms with Crippen LogP contribution in [0.15, 0.2) is 18.2 Å². The van der Waals surface area contributed by atoms with E-state index in [0.717, 1.165) is 29.3 Å². The van der Waals surface area contributed by atoms with Gasteiger partial charge in [-0.25, -0.2) is 0 Å². The molecule has 1 heterocycles. The zero-order valence-electron chi connectivity index (χ0n) is 12.6. The van der Waals surface area contributed by atoms with Crippen molar-refractivity contribution in [2.24, 2.45) is 0 Å². The molecular formula is C16H22N2O2S. The second-order valence-electron chi connectivity index (χ2n) is 5.36. The van der Waals surface area contributed by atoms with Gasteiger partial charge < -0.3 is 15.7 Å². The lowest BCUT2D eigenvalue weighted by Crippen LogP contribution is -2.27. The first-order valence-electron chi connectivity index (χ1n) is 7.19. The Labute approximate surface area is 129 Å². The number of nitrogen functional groups attached to an aromatic ring is 1. The van der Waals surface area contributed by atoms with Gasteiger partial charge in [0.25, 0.3) is 5.91 Å². The summed E-state index contributed by atoms with van der Waals surface area (Å²) < 4.78 is 1.06. The molecule has 5 heteroatoms. The predicted octanol–water partition coefficient (Wildman–Crippen LogP) is 3.03. The lowest BCUT2D eigenvalue weighted by atomic mass is 10.1. The molecule has 4 nitrogen and oxygen atoms in total. The number of fused-ring (bicyclic) bond motifs is 1. The van der Waals surface area contributed by atoms with Crippen LogP contribution in [0, 0.1) is 6.92 Å². The maximum absolute atomic E-state index is 12.5. The fourth-order valence-electron chi connectivity index (χ4n) is 2.30. The molecule has 0 aliphatic carbocycles. The summed E-state index contributed by atoms with van der Waals surface area (Å²) in [5.74, 6) is -0.0182. The largest absolute Gasteiger partial charge is 0.397 e. The number of aliphatic hydroxyl groups is 1. The Morgan fingerprint density at radius 3 is 2.81 bits per heavy atom. The van der Waals surface area contributed by atoms with Crippen molar-refractivity contribution in [2.45, 2.75) is 26.2 Å². The van der Waals surface area contributed by atoms with Gasteiger partial charge >= 0.3 is 0 Å². The highest BCUT2D eigenvalue weighted by Gasteiger charge is 2.19. The van der Waals surface area contributed by atoms with E-state index in [-0.39, 0.29) is 12.5 Å². The van der Waals surface area contributed by atoms with Crippen LogP contribution >= 0.6 is 11.3 Å². The van der Waals surface area contributed by atoms with Gasteiger partial charge in [-0.1, -0.05) is 12.1 Å². The highest BCUT2D eigenvalue weighted by Crippen LogP contribution is 2.34. The number of hydrogen-bond donors (Lipinski definition) is 2. The first-order valence-corrected chi connectivity index (χ1v) is 8.01. The van der Waals surface area contributed by atoms with Crippen molar-refractivity contribution in [1.29, 1.82) is 0 Å². The molecule has 2 aromatic rings. The summed E-state index contributed by atoms with van der Waals surface area (Å²) in [6.45, 7) is 2.93. The normalized spacial score (nSPS) is 11.0. The number of carbonyl (C=O) groups excluding carboxylic acids is 1. The minimum Gasteiger partial charge on any atom is -0.397 e. The number of aliphatic hydroxyl groups excluding tert-OH is 1. The standard InChI is InChI=1S/C16H22N2O2S/c1-11-6-7-12-13(10-11)21-15(14(12)17)16(20)18(2)8-4-3-5-9-19/h6-7,10,19H,3-5,8-9,17H2,1-2H3. The smallest absolute Gasteiger partial charge is 0.265 e. The zero-order valence-corrected chi connectivity index (χ0v) is 13.4. The third-order valence-corrected chi connectivity index (χ3v) is 4.73. The Bertz CT molecular complexity index is 636. The molecule has 0 aliphatic rings. The van der Waals surface area contributed by atoms with Crippen molar-refractivity contribution in [3.63, 3.8) is 0 Å². The molecule has 0 saturated heterocycles. The Morgan fingerprint density at radius 2 is 2.10 bits per heavy atom. The first kappa shape index (κ1) is 15.8.